The quantitative estimate of drug-likeness (QED) is 0.760. The standard InChI is InChI=1S/C18H20N2O2.C2H2O4/c1-19(2)12-13-11-16-14-7-3-5-9-17(14)21-18-10-6-4-8-15(18)20(16)22-13;3-1(4)2(5)6/h3-10,13,16H,11-12H2,1-2H3;(H,3,4)(H,5,6). The molecular weight excluding hydrogens is 364 g/mol. The van der Waals surface area contributed by atoms with Gasteiger partial charge in [0.2, 0.25) is 0 Å². The highest BCUT2D eigenvalue weighted by Gasteiger charge is 2.39. The second-order valence-electron chi connectivity index (χ2n) is 6.78. The van der Waals surface area contributed by atoms with E-state index in [1.165, 1.54) is 5.56 Å². The number of fused-ring (bicyclic) bond motifs is 5. The van der Waals surface area contributed by atoms with Crippen LogP contribution < -0.4 is 9.80 Å². The fraction of sp³-hybridized carbons (Fsp3) is 0.300. The Balaban J connectivity index is 0.000000330. The smallest absolute Gasteiger partial charge is 0.414 e. The number of rotatable bonds is 2. The molecule has 0 saturated carbocycles. The third-order valence-corrected chi connectivity index (χ3v) is 4.38. The van der Waals surface area contributed by atoms with Crippen LogP contribution in [0.25, 0.3) is 0 Å². The number of anilines is 1. The minimum Gasteiger partial charge on any atom is -0.473 e. The summed E-state index contributed by atoms with van der Waals surface area (Å²) < 4.78 is 6.12. The van der Waals surface area contributed by atoms with E-state index in [1.807, 2.05) is 35.4 Å². The summed E-state index contributed by atoms with van der Waals surface area (Å²) in [4.78, 5) is 26.6. The monoisotopic (exact) mass is 386 g/mol. The maximum atomic E-state index is 9.10. The van der Waals surface area contributed by atoms with Crippen molar-refractivity contribution in [2.45, 2.75) is 18.6 Å². The van der Waals surface area contributed by atoms with Gasteiger partial charge in [-0.15, -0.1) is 0 Å². The van der Waals surface area contributed by atoms with Crippen LogP contribution in [0, 0.1) is 0 Å². The van der Waals surface area contributed by atoms with Crippen LogP contribution in [0.3, 0.4) is 0 Å². The van der Waals surface area contributed by atoms with Crippen molar-refractivity contribution in [3.63, 3.8) is 0 Å². The van der Waals surface area contributed by atoms with E-state index < -0.39 is 11.9 Å². The van der Waals surface area contributed by atoms with E-state index in [2.05, 4.69) is 37.2 Å². The molecule has 0 aromatic heterocycles. The van der Waals surface area contributed by atoms with Crippen molar-refractivity contribution in [2.75, 3.05) is 25.7 Å². The molecule has 0 aliphatic carbocycles. The lowest BCUT2D eigenvalue weighted by Crippen LogP contribution is -2.27. The van der Waals surface area contributed by atoms with Crippen molar-refractivity contribution in [2.24, 2.45) is 0 Å². The molecule has 2 aromatic rings. The Morgan fingerprint density at radius 1 is 1.04 bits per heavy atom. The zero-order chi connectivity index (χ0) is 20.3. The summed E-state index contributed by atoms with van der Waals surface area (Å²) in [5, 5.41) is 16.8. The Hall–Kier alpha value is -3.10. The number of para-hydroxylation sites is 3. The zero-order valence-corrected chi connectivity index (χ0v) is 15.6. The maximum absolute atomic E-state index is 9.10. The van der Waals surface area contributed by atoms with Crippen LogP contribution in [-0.2, 0) is 14.4 Å². The van der Waals surface area contributed by atoms with Gasteiger partial charge in [0.1, 0.15) is 17.5 Å². The Kier molecular flexibility index (Phi) is 5.81. The first-order chi connectivity index (χ1) is 13.4. The first-order valence-corrected chi connectivity index (χ1v) is 8.79. The van der Waals surface area contributed by atoms with Gasteiger partial charge in [0.15, 0.2) is 5.75 Å². The number of ether oxygens (including phenoxy) is 1. The van der Waals surface area contributed by atoms with Crippen molar-refractivity contribution in [3.05, 3.63) is 54.1 Å². The second-order valence-corrected chi connectivity index (χ2v) is 6.78. The molecule has 2 aliphatic rings. The van der Waals surface area contributed by atoms with Gasteiger partial charge in [0, 0.05) is 18.5 Å². The molecule has 2 N–H and O–H groups in total. The lowest BCUT2D eigenvalue weighted by molar-refractivity contribution is -0.159. The number of hydroxylamine groups is 1. The Bertz CT molecular complexity index is 804. The van der Waals surface area contributed by atoms with Crippen LogP contribution >= 0.6 is 0 Å². The van der Waals surface area contributed by atoms with Gasteiger partial charge in [0.05, 0.1) is 6.04 Å². The molecule has 1 saturated heterocycles. The number of benzene rings is 2. The van der Waals surface area contributed by atoms with E-state index in [0.29, 0.717) is 0 Å². The number of nitrogens with zero attached hydrogens (tertiary/aromatic N) is 2. The van der Waals surface area contributed by atoms with E-state index in [-0.39, 0.29) is 12.1 Å². The fourth-order valence-corrected chi connectivity index (χ4v) is 3.31. The Morgan fingerprint density at radius 2 is 1.64 bits per heavy atom. The van der Waals surface area contributed by atoms with Crippen LogP contribution in [0.1, 0.15) is 18.0 Å². The van der Waals surface area contributed by atoms with Gasteiger partial charge in [-0.2, -0.15) is 0 Å². The lowest BCUT2D eigenvalue weighted by Gasteiger charge is -2.23. The summed E-state index contributed by atoms with van der Waals surface area (Å²) in [6, 6.07) is 16.5. The fourth-order valence-electron chi connectivity index (χ4n) is 3.31. The van der Waals surface area contributed by atoms with Gasteiger partial charge >= 0.3 is 11.9 Å². The van der Waals surface area contributed by atoms with Crippen LogP contribution in [0.2, 0.25) is 0 Å². The molecule has 4 rings (SSSR count). The van der Waals surface area contributed by atoms with E-state index in [4.69, 9.17) is 29.4 Å². The number of hydrogen-bond donors (Lipinski definition) is 2. The van der Waals surface area contributed by atoms with Crippen LogP contribution in [0.5, 0.6) is 11.5 Å². The third kappa shape index (κ3) is 4.24. The summed E-state index contributed by atoms with van der Waals surface area (Å²) in [5.74, 6) is -1.87. The number of carboxylic acid groups (broad SMARTS) is 2. The van der Waals surface area contributed by atoms with Gasteiger partial charge in [-0.3, -0.25) is 4.84 Å². The molecule has 2 unspecified atom stereocenters. The molecule has 1 fully saturated rings. The Morgan fingerprint density at radius 3 is 2.29 bits per heavy atom. The topological polar surface area (TPSA) is 99.5 Å². The SMILES string of the molecule is CN(C)CC1CC2c3ccccc3Oc3ccccc3N2O1.O=C(O)C(=O)O. The molecule has 0 amide bonds. The van der Waals surface area contributed by atoms with Gasteiger partial charge in [-0.25, -0.2) is 14.7 Å². The largest absolute Gasteiger partial charge is 0.473 e. The van der Waals surface area contributed by atoms with Crippen LogP contribution in [0.15, 0.2) is 48.5 Å². The first-order valence-electron chi connectivity index (χ1n) is 8.79. The maximum Gasteiger partial charge on any atom is 0.414 e. The lowest BCUT2D eigenvalue weighted by atomic mass is 10.0. The molecule has 2 heterocycles. The van der Waals surface area contributed by atoms with E-state index in [1.54, 1.807) is 0 Å². The molecule has 8 heteroatoms. The molecule has 2 aromatic carbocycles. The second kappa shape index (κ2) is 8.28. The molecule has 8 nitrogen and oxygen atoms in total. The van der Waals surface area contributed by atoms with Gasteiger partial charge in [0.25, 0.3) is 0 Å². The molecule has 0 radical (unpaired) electrons. The number of likely N-dealkylation sites (N-methyl/N-ethyl adjacent to an activating group) is 1. The highest BCUT2D eigenvalue weighted by Crippen LogP contribution is 2.48. The number of hydrogen-bond acceptors (Lipinski definition) is 6. The van der Waals surface area contributed by atoms with Crippen LogP contribution in [-0.4, -0.2) is 53.8 Å². The zero-order valence-electron chi connectivity index (χ0n) is 15.6. The first kappa shape index (κ1) is 19.7. The Labute approximate surface area is 162 Å². The highest BCUT2D eigenvalue weighted by atomic mass is 16.7. The molecule has 2 aliphatic heterocycles. The van der Waals surface area contributed by atoms with Crippen molar-refractivity contribution in [1.29, 1.82) is 0 Å². The predicted octanol–water partition coefficient (Wildman–Crippen LogP) is 2.76. The van der Waals surface area contributed by atoms with E-state index in [9.17, 15) is 0 Å². The van der Waals surface area contributed by atoms with Crippen molar-refractivity contribution >= 4 is 17.6 Å². The molecule has 28 heavy (non-hydrogen) atoms. The summed E-state index contributed by atoms with van der Waals surface area (Å²) in [6.07, 6.45) is 1.16. The molecule has 0 spiro atoms. The third-order valence-electron chi connectivity index (χ3n) is 4.38. The summed E-state index contributed by atoms with van der Waals surface area (Å²) in [7, 11) is 4.16. The van der Waals surface area contributed by atoms with E-state index in [0.717, 1.165) is 30.2 Å². The average Bonchev–Trinajstić information content (AvgIpc) is 3.00. The summed E-state index contributed by atoms with van der Waals surface area (Å²) >= 11 is 0. The molecular formula is C20H22N2O6. The molecule has 148 valence electrons. The minimum atomic E-state index is -1.82. The van der Waals surface area contributed by atoms with Crippen molar-refractivity contribution in [3.8, 4) is 11.5 Å². The van der Waals surface area contributed by atoms with Gasteiger partial charge in [-0.1, -0.05) is 30.3 Å². The predicted molar refractivity (Wildman–Crippen MR) is 101 cm³/mol. The van der Waals surface area contributed by atoms with Crippen LogP contribution in [0.4, 0.5) is 5.69 Å². The highest BCUT2D eigenvalue weighted by molar-refractivity contribution is 6.27. The number of carbonyl (C=O) groups is 2. The number of aliphatic carboxylic acids is 2. The average molecular weight is 386 g/mol. The van der Waals surface area contributed by atoms with Gasteiger partial charge < -0.3 is 19.8 Å². The van der Waals surface area contributed by atoms with Crippen molar-refractivity contribution in [1.82, 2.24) is 4.90 Å². The van der Waals surface area contributed by atoms with Crippen molar-refractivity contribution < 1.29 is 29.4 Å². The molecule has 0 bridgehead atoms. The summed E-state index contributed by atoms with van der Waals surface area (Å²) in [5.41, 5.74) is 2.20. The molecule has 2 atom stereocenters. The van der Waals surface area contributed by atoms with Gasteiger partial charge in [-0.05, 0) is 32.3 Å². The van der Waals surface area contributed by atoms with E-state index >= 15 is 0 Å². The number of carboxylic acids is 2. The normalized spacial score (nSPS) is 19.3. The summed E-state index contributed by atoms with van der Waals surface area (Å²) in [6.45, 7) is 0.915. The minimum absolute atomic E-state index is 0.194.